The van der Waals surface area contributed by atoms with Crippen molar-refractivity contribution in [3.8, 4) is 0 Å². The van der Waals surface area contributed by atoms with Crippen LogP contribution in [0.15, 0.2) is 83.8 Å². The van der Waals surface area contributed by atoms with Crippen LogP contribution in [-0.4, -0.2) is 4.16 Å². The number of halogens is 3. The van der Waals surface area contributed by atoms with Crippen LogP contribution in [0.1, 0.15) is 11.1 Å². The maximum Gasteiger partial charge on any atom is -0.0771 e. The fraction of sp³-hybridized carbons (Fsp3) is 0.0417. The molecule has 0 bridgehead atoms. The molecule has 0 N–H and O–H groups in total. The summed E-state index contributed by atoms with van der Waals surface area (Å²) in [6.07, 6.45) is 5.64. The minimum absolute atomic E-state index is 0. The van der Waals surface area contributed by atoms with Gasteiger partial charge in [-0.05, 0) is 0 Å². The zero-order valence-corrected chi connectivity index (χ0v) is 22.8. The van der Waals surface area contributed by atoms with Crippen molar-refractivity contribution in [3.05, 3.63) is 101 Å². The topological polar surface area (TPSA) is 0 Å². The molecule has 6 rings (SSSR count). The Morgan fingerprint density at radius 3 is 2.00 bits per heavy atom. The van der Waals surface area contributed by atoms with Crippen LogP contribution in [0.25, 0.3) is 33.2 Å². The molecule has 150 valence electrons. The van der Waals surface area contributed by atoms with E-state index in [2.05, 4.69) is 116 Å². The van der Waals surface area contributed by atoms with E-state index in [4.69, 9.17) is 0 Å². The minimum Gasteiger partial charge on any atom is -0.126 e. The van der Waals surface area contributed by atoms with E-state index in [1.807, 2.05) is 11.8 Å². The van der Waals surface area contributed by atoms with Gasteiger partial charge in [0, 0.05) is 4.16 Å². The maximum atomic E-state index is 4.17. The summed E-state index contributed by atoms with van der Waals surface area (Å²) in [5, 5.41) is 5.39. The van der Waals surface area contributed by atoms with Gasteiger partial charge in [0.15, 0.2) is 0 Å². The second kappa shape index (κ2) is 11.9. The van der Waals surface area contributed by atoms with Gasteiger partial charge < -0.3 is 24.8 Å². The standard InChI is InChI=1S/C13H9.C11H6BrS.2ClH.S.Zr/c1-3-7-12-10(5-1)9-11-6-2-4-8-13(11)12;12-11-6-9-8-4-2-1-3-7(8)5-10(9)13-11;;;;/h1-9H;1-5,11H;2*1H;;/q2*-1;;;;+2/p-2. The molecule has 1 atom stereocenters. The maximum absolute atomic E-state index is 4.17. The summed E-state index contributed by atoms with van der Waals surface area (Å²) in [5.41, 5.74) is 3.93. The first-order chi connectivity index (χ1) is 13.8. The number of hydrogen-bond acceptors (Lipinski definition) is 2. The molecule has 1 heterocycles. The third-order valence-electron chi connectivity index (χ3n) is 4.77. The van der Waals surface area contributed by atoms with Gasteiger partial charge in [-0.25, -0.2) is 0 Å². The summed E-state index contributed by atoms with van der Waals surface area (Å²) in [5.74, 6) is 0. The molecule has 30 heavy (non-hydrogen) atoms. The van der Waals surface area contributed by atoms with E-state index in [9.17, 15) is 0 Å². The van der Waals surface area contributed by atoms with E-state index < -0.39 is 0 Å². The van der Waals surface area contributed by atoms with Gasteiger partial charge in [-0.1, -0.05) is 81.0 Å². The number of benzene rings is 3. The predicted molar refractivity (Wildman–Crippen MR) is 126 cm³/mol. The number of fused-ring (bicyclic) bond motifs is 6. The molecule has 0 fully saturated rings. The van der Waals surface area contributed by atoms with E-state index in [1.165, 1.54) is 43.2 Å². The van der Waals surface area contributed by atoms with Crippen molar-refractivity contribution in [1.29, 1.82) is 0 Å². The quantitative estimate of drug-likeness (QED) is 0.221. The number of hydrogen-bond donors (Lipinski definition) is 0. The van der Waals surface area contributed by atoms with Gasteiger partial charge in [-0.15, -0.1) is 57.4 Å². The molecule has 2 aliphatic rings. The number of alkyl halides is 1. The fourth-order valence-corrected chi connectivity index (χ4v) is 5.31. The van der Waals surface area contributed by atoms with E-state index in [0.717, 1.165) is 22.7 Å². The van der Waals surface area contributed by atoms with E-state index in [1.54, 1.807) is 0 Å². The molecule has 1 aliphatic heterocycles. The largest absolute Gasteiger partial charge is 0.126 e. The molecule has 0 nitrogen and oxygen atoms in total. The van der Waals surface area contributed by atoms with E-state index in [0.29, 0.717) is 4.16 Å². The Morgan fingerprint density at radius 2 is 1.37 bits per heavy atom. The van der Waals surface area contributed by atoms with Crippen LogP contribution in [0.2, 0.25) is 0 Å². The van der Waals surface area contributed by atoms with Gasteiger partial charge in [-0.2, -0.15) is 23.4 Å². The summed E-state index contributed by atoms with van der Waals surface area (Å²) in [6, 6.07) is 27.7. The molecule has 1 unspecified atom stereocenters. The minimum atomic E-state index is 0. The van der Waals surface area contributed by atoms with Crippen molar-refractivity contribution >= 4 is 69.7 Å². The second-order valence-corrected chi connectivity index (χ2v) is 9.04. The Morgan fingerprint density at radius 1 is 0.833 bits per heavy atom. The summed E-state index contributed by atoms with van der Waals surface area (Å²) >= 11 is 6.49. The summed E-state index contributed by atoms with van der Waals surface area (Å²) < 4.78 is 0.335. The number of allylic oxidation sites excluding steroid dienone is 1. The molecule has 0 spiro atoms. The van der Waals surface area contributed by atoms with Crippen LogP contribution < -0.4 is 24.8 Å². The van der Waals surface area contributed by atoms with Crippen LogP contribution in [0, 0.1) is 6.08 Å². The van der Waals surface area contributed by atoms with Crippen LogP contribution in [0.3, 0.4) is 0 Å². The molecule has 0 amide bonds. The molecule has 6 heteroatoms. The summed E-state index contributed by atoms with van der Waals surface area (Å²) in [4.78, 5) is 1.35. The Hall–Kier alpha value is -0.477. The molecule has 4 aromatic carbocycles. The molecule has 0 saturated carbocycles. The summed E-state index contributed by atoms with van der Waals surface area (Å²) in [6.45, 7) is 0. The van der Waals surface area contributed by atoms with E-state index >= 15 is 0 Å². The van der Waals surface area contributed by atoms with Gasteiger partial charge in [-0.3, -0.25) is 0 Å². The Labute approximate surface area is 220 Å². The van der Waals surface area contributed by atoms with Gasteiger partial charge in [0.1, 0.15) is 0 Å². The van der Waals surface area contributed by atoms with Crippen molar-refractivity contribution in [2.75, 3.05) is 0 Å². The van der Waals surface area contributed by atoms with Gasteiger partial charge in [0.2, 0.25) is 0 Å². The molecular formula is C24H15BrCl2S2Zr-2. The van der Waals surface area contributed by atoms with Crippen LogP contribution >= 0.6 is 36.5 Å². The molecule has 0 aromatic heterocycles. The van der Waals surface area contributed by atoms with Crippen LogP contribution in [-0.2, 0) is 22.7 Å². The third-order valence-corrected chi connectivity index (χ3v) is 6.46. The first-order valence-electron chi connectivity index (χ1n) is 8.79. The van der Waals surface area contributed by atoms with Crippen LogP contribution in [0.4, 0.5) is 0 Å². The molecular weight excluding hydrogens is 594 g/mol. The zero-order valence-electron chi connectivity index (χ0n) is 15.6. The fourth-order valence-electron chi connectivity index (χ4n) is 3.60. The molecule has 1 aliphatic carbocycles. The number of thioether (sulfide) groups is 1. The smallest absolute Gasteiger partial charge is 0.0771 e. The first-order valence-corrected chi connectivity index (χ1v) is 14.0. The van der Waals surface area contributed by atoms with Crippen LogP contribution in [0.5, 0.6) is 0 Å². The third kappa shape index (κ3) is 5.29. The normalized spacial score (nSPS) is 15.2. The first kappa shape index (κ1) is 25.8. The van der Waals surface area contributed by atoms with Gasteiger partial charge in [0.25, 0.3) is 0 Å². The molecule has 0 saturated heterocycles. The van der Waals surface area contributed by atoms with Crippen molar-refractivity contribution in [3.63, 3.8) is 0 Å². The average molecular weight is 610 g/mol. The predicted octanol–water partition coefficient (Wildman–Crippen LogP) is 2.06. The zero-order chi connectivity index (χ0) is 19.5. The monoisotopic (exact) mass is 606 g/mol. The van der Waals surface area contributed by atoms with Gasteiger partial charge in [0.05, 0.1) is 0 Å². The molecule has 4 aromatic rings. The average Bonchev–Trinajstić information content (AvgIpc) is 3.40. The van der Waals surface area contributed by atoms with Crippen molar-refractivity contribution in [2.45, 2.75) is 4.16 Å². The Bertz CT molecular complexity index is 1170. The van der Waals surface area contributed by atoms with Crippen molar-refractivity contribution < 1.29 is 47.5 Å². The number of rotatable bonds is 0. The van der Waals surface area contributed by atoms with Gasteiger partial charge >= 0.3 is 31.5 Å². The van der Waals surface area contributed by atoms with Crippen molar-refractivity contribution in [1.82, 2.24) is 0 Å². The van der Waals surface area contributed by atoms with E-state index in [-0.39, 0.29) is 24.8 Å². The Balaban J connectivity index is 0.000000186. The van der Waals surface area contributed by atoms with Crippen molar-refractivity contribution in [2.24, 2.45) is 0 Å². The SMILES string of the molecule is BrC1[C-]=C2C(=Cc3ccccc32)S1.[Cl-].[Cl-].[S]=[Zr+2].c1ccc2c(c1)[cH-]c1ccccc12. The second-order valence-electron chi connectivity index (χ2n) is 6.37. The summed E-state index contributed by atoms with van der Waals surface area (Å²) in [7, 11) is 4.17. The Kier molecular flexibility index (Phi) is 10.3. The molecule has 0 radical (unpaired) electrons.